The van der Waals surface area contributed by atoms with E-state index in [1.807, 2.05) is 0 Å². The van der Waals surface area contributed by atoms with Crippen LogP contribution in [0.4, 0.5) is 0 Å². The molecule has 0 radical (unpaired) electrons. The van der Waals surface area contributed by atoms with Gasteiger partial charge in [-0.25, -0.2) is 8.42 Å². The summed E-state index contributed by atoms with van der Waals surface area (Å²) in [4.78, 5) is 0.312. The maximum atomic E-state index is 11.8. The van der Waals surface area contributed by atoms with Gasteiger partial charge in [0.25, 0.3) is 0 Å². The van der Waals surface area contributed by atoms with Gasteiger partial charge < -0.3 is 5.11 Å². The molecule has 1 N–H and O–H groups in total. The fraction of sp³-hybridized carbons (Fsp3) is 0.333. The van der Waals surface area contributed by atoms with E-state index in [9.17, 15) is 8.42 Å². The van der Waals surface area contributed by atoms with E-state index < -0.39 is 9.84 Å². The number of benzene rings is 1. The van der Waals surface area contributed by atoms with E-state index in [1.54, 1.807) is 35.7 Å². The second kappa shape index (κ2) is 7.53. The van der Waals surface area contributed by atoms with Crippen molar-refractivity contribution < 1.29 is 13.5 Å². The van der Waals surface area contributed by atoms with Crippen molar-refractivity contribution in [3.05, 3.63) is 41.1 Å². The van der Waals surface area contributed by atoms with Gasteiger partial charge in [-0.2, -0.15) is 0 Å². The topological polar surface area (TPSA) is 54.4 Å². The fourth-order valence-electron chi connectivity index (χ4n) is 1.17. The van der Waals surface area contributed by atoms with Crippen LogP contribution >= 0.6 is 11.8 Å². The van der Waals surface area contributed by atoms with Crippen LogP contribution in [0, 0.1) is 0 Å². The third-order valence-corrected chi connectivity index (χ3v) is 4.52. The van der Waals surface area contributed by atoms with Crippen LogP contribution in [-0.4, -0.2) is 25.9 Å². The van der Waals surface area contributed by atoms with Gasteiger partial charge in [0, 0.05) is 12.0 Å². The fourth-order valence-corrected chi connectivity index (χ4v) is 3.27. The minimum Gasteiger partial charge on any atom is -0.396 e. The molecule has 0 unspecified atom stereocenters. The first-order chi connectivity index (χ1) is 8.17. The average Bonchev–Trinajstić information content (AvgIpc) is 2.35. The maximum Gasteiger partial charge on any atom is 0.200 e. The molecule has 0 fully saturated rings. The SMILES string of the molecule is O=S(=O)(/C=C\SCCCCO)c1ccccc1. The Morgan fingerprint density at radius 3 is 2.53 bits per heavy atom. The van der Waals surface area contributed by atoms with Gasteiger partial charge in [0.15, 0.2) is 9.84 Å². The first kappa shape index (κ1) is 14.3. The zero-order valence-electron chi connectivity index (χ0n) is 9.45. The molecule has 0 aromatic heterocycles. The van der Waals surface area contributed by atoms with Gasteiger partial charge in [-0.05, 0) is 36.1 Å². The van der Waals surface area contributed by atoms with Crippen LogP contribution in [-0.2, 0) is 9.84 Å². The number of sulfone groups is 1. The lowest BCUT2D eigenvalue weighted by atomic mass is 10.4. The van der Waals surface area contributed by atoms with Crippen molar-refractivity contribution in [1.82, 2.24) is 0 Å². The van der Waals surface area contributed by atoms with Gasteiger partial charge in [0.2, 0.25) is 0 Å². The van der Waals surface area contributed by atoms with E-state index in [0.717, 1.165) is 18.6 Å². The first-order valence-electron chi connectivity index (χ1n) is 5.36. The molecule has 0 amide bonds. The third-order valence-electron chi connectivity index (χ3n) is 2.07. The zero-order chi connectivity index (χ0) is 12.6. The van der Waals surface area contributed by atoms with E-state index >= 15 is 0 Å². The molecular formula is C12H16O3S2. The molecule has 0 heterocycles. The predicted molar refractivity (Wildman–Crippen MR) is 71.5 cm³/mol. The van der Waals surface area contributed by atoms with Crippen LogP contribution < -0.4 is 0 Å². The Morgan fingerprint density at radius 2 is 1.88 bits per heavy atom. The van der Waals surface area contributed by atoms with Gasteiger partial charge in [-0.1, -0.05) is 18.2 Å². The van der Waals surface area contributed by atoms with Crippen molar-refractivity contribution in [2.75, 3.05) is 12.4 Å². The van der Waals surface area contributed by atoms with Crippen molar-refractivity contribution in [3.8, 4) is 0 Å². The Labute approximate surface area is 106 Å². The summed E-state index contributed by atoms with van der Waals surface area (Å²) >= 11 is 1.44. The molecule has 0 aliphatic carbocycles. The summed E-state index contributed by atoms with van der Waals surface area (Å²) in [5.74, 6) is 0.821. The van der Waals surface area contributed by atoms with Gasteiger partial charge in [-0.15, -0.1) is 11.8 Å². The van der Waals surface area contributed by atoms with Crippen LogP contribution in [0.15, 0.2) is 46.0 Å². The van der Waals surface area contributed by atoms with E-state index in [4.69, 9.17) is 5.11 Å². The average molecular weight is 272 g/mol. The van der Waals surface area contributed by atoms with Crippen LogP contribution in [0.1, 0.15) is 12.8 Å². The highest BCUT2D eigenvalue weighted by atomic mass is 32.2. The Balaban J connectivity index is 2.48. The standard InChI is InChI=1S/C12H16O3S2/c13-8-4-5-9-16-10-11-17(14,15)12-6-2-1-3-7-12/h1-3,6-7,10-11,13H,4-5,8-9H2/b11-10-. The normalized spacial score (nSPS) is 12.1. The lowest BCUT2D eigenvalue weighted by Crippen LogP contribution is -1.94. The molecule has 0 aliphatic rings. The molecule has 0 atom stereocenters. The van der Waals surface area contributed by atoms with Crippen molar-refractivity contribution >= 4 is 21.6 Å². The maximum absolute atomic E-state index is 11.8. The molecular weight excluding hydrogens is 256 g/mol. The molecule has 0 saturated carbocycles. The number of thioether (sulfide) groups is 1. The molecule has 0 spiro atoms. The smallest absolute Gasteiger partial charge is 0.200 e. The Bertz CT molecular complexity index is 438. The van der Waals surface area contributed by atoms with Crippen LogP contribution in [0.2, 0.25) is 0 Å². The number of aliphatic hydroxyl groups is 1. The monoisotopic (exact) mass is 272 g/mol. The van der Waals surface area contributed by atoms with Crippen LogP contribution in [0.5, 0.6) is 0 Å². The van der Waals surface area contributed by atoms with Crippen molar-refractivity contribution in [1.29, 1.82) is 0 Å². The number of rotatable bonds is 7. The second-order valence-corrected chi connectivity index (χ2v) is 6.28. The quantitative estimate of drug-likeness (QED) is 0.775. The third kappa shape index (κ3) is 5.39. The van der Waals surface area contributed by atoms with E-state index in [2.05, 4.69) is 0 Å². The van der Waals surface area contributed by atoms with E-state index in [1.165, 1.54) is 17.2 Å². The van der Waals surface area contributed by atoms with Crippen molar-refractivity contribution in [2.45, 2.75) is 17.7 Å². The molecule has 94 valence electrons. The zero-order valence-corrected chi connectivity index (χ0v) is 11.1. The second-order valence-electron chi connectivity index (χ2n) is 3.43. The number of aliphatic hydroxyl groups excluding tert-OH is 1. The Morgan fingerprint density at radius 1 is 1.18 bits per heavy atom. The molecule has 5 heteroatoms. The first-order valence-corrected chi connectivity index (χ1v) is 7.95. The van der Waals surface area contributed by atoms with Gasteiger partial charge >= 0.3 is 0 Å². The van der Waals surface area contributed by atoms with Crippen molar-refractivity contribution in [2.24, 2.45) is 0 Å². The highest BCUT2D eigenvalue weighted by Gasteiger charge is 2.08. The van der Waals surface area contributed by atoms with E-state index in [0.29, 0.717) is 4.90 Å². The van der Waals surface area contributed by atoms with Gasteiger partial charge in [0.05, 0.1) is 4.90 Å². The Hall–Kier alpha value is -0.780. The summed E-state index contributed by atoms with van der Waals surface area (Å²) in [7, 11) is -3.30. The predicted octanol–water partition coefficient (Wildman–Crippen LogP) is 2.44. The largest absolute Gasteiger partial charge is 0.396 e. The molecule has 17 heavy (non-hydrogen) atoms. The number of hydrogen-bond acceptors (Lipinski definition) is 4. The lowest BCUT2D eigenvalue weighted by molar-refractivity contribution is 0.287. The molecule has 1 rings (SSSR count). The van der Waals surface area contributed by atoms with Gasteiger partial charge in [-0.3, -0.25) is 0 Å². The number of hydrogen-bond donors (Lipinski definition) is 1. The summed E-state index contributed by atoms with van der Waals surface area (Å²) in [5, 5.41) is 11.4. The van der Waals surface area contributed by atoms with Crippen LogP contribution in [0.3, 0.4) is 0 Å². The highest BCUT2D eigenvalue weighted by Crippen LogP contribution is 2.14. The van der Waals surface area contributed by atoms with E-state index in [-0.39, 0.29) is 6.61 Å². The minimum absolute atomic E-state index is 0.187. The number of unbranched alkanes of at least 4 members (excludes halogenated alkanes) is 1. The lowest BCUT2D eigenvalue weighted by Gasteiger charge is -1.98. The summed E-state index contributed by atoms with van der Waals surface area (Å²) in [6, 6.07) is 8.35. The summed E-state index contributed by atoms with van der Waals surface area (Å²) in [5.41, 5.74) is 0. The molecule has 1 aromatic carbocycles. The Kier molecular flexibility index (Phi) is 6.32. The summed E-state index contributed by atoms with van der Waals surface area (Å²) < 4.78 is 23.6. The van der Waals surface area contributed by atoms with Crippen LogP contribution in [0.25, 0.3) is 0 Å². The molecule has 0 saturated heterocycles. The van der Waals surface area contributed by atoms with Crippen molar-refractivity contribution in [3.63, 3.8) is 0 Å². The highest BCUT2D eigenvalue weighted by molar-refractivity contribution is 8.03. The molecule has 0 bridgehead atoms. The summed E-state index contributed by atoms with van der Waals surface area (Å²) in [6.45, 7) is 0.187. The minimum atomic E-state index is -3.30. The molecule has 3 nitrogen and oxygen atoms in total. The molecule has 1 aromatic rings. The van der Waals surface area contributed by atoms with Gasteiger partial charge in [0.1, 0.15) is 0 Å². The summed E-state index contributed by atoms with van der Waals surface area (Å²) in [6.07, 6.45) is 1.64. The molecule has 0 aliphatic heterocycles.